The zero-order chi connectivity index (χ0) is 18.7. The van der Waals surface area contributed by atoms with E-state index in [2.05, 4.69) is 15.5 Å². The number of carbonyl (C=O) groups is 1. The highest BCUT2D eigenvalue weighted by molar-refractivity contribution is 6.30. The van der Waals surface area contributed by atoms with Gasteiger partial charge in [-0.3, -0.25) is 14.2 Å². The largest absolute Gasteiger partial charge is 0.308 e. The summed E-state index contributed by atoms with van der Waals surface area (Å²) in [5, 5.41) is 11.4. The third-order valence-electron chi connectivity index (χ3n) is 3.59. The number of halogens is 3. The van der Waals surface area contributed by atoms with E-state index in [0.717, 1.165) is 10.2 Å². The third kappa shape index (κ3) is 4.45. The maximum absolute atomic E-state index is 12.9. The van der Waals surface area contributed by atoms with Crippen molar-refractivity contribution in [3.63, 3.8) is 0 Å². The first-order valence-electron chi connectivity index (χ1n) is 7.81. The quantitative estimate of drug-likeness (QED) is 0.710. The number of hydrogen-bond acceptors (Lipinski definition) is 3. The van der Waals surface area contributed by atoms with Crippen LogP contribution in [-0.4, -0.2) is 25.5 Å². The Morgan fingerprint density at radius 1 is 1.27 bits per heavy atom. The molecular weight excluding hydrogens is 364 g/mol. The molecule has 9 heteroatoms. The van der Waals surface area contributed by atoms with Crippen molar-refractivity contribution < 1.29 is 13.6 Å². The molecule has 0 aliphatic heterocycles. The number of alkyl halides is 2. The fourth-order valence-electron chi connectivity index (χ4n) is 2.53. The summed E-state index contributed by atoms with van der Waals surface area (Å²) in [5.74, 6) is -0.150. The van der Waals surface area contributed by atoms with Gasteiger partial charge in [-0.05, 0) is 30.7 Å². The molecule has 3 aromatic rings. The fraction of sp³-hybridized carbons (Fsp3) is 0.235. The van der Waals surface area contributed by atoms with Crippen LogP contribution >= 0.6 is 11.6 Å². The van der Waals surface area contributed by atoms with Crippen molar-refractivity contribution >= 4 is 23.3 Å². The smallest absolute Gasteiger partial charge is 0.280 e. The minimum absolute atomic E-state index is 0.288. The Balaban J connectivity index is 1.63. The van der Waals surface area contributed by atoms with Crippen molar-refractivity contribution in [1.82, 2.24) is 19.6 Å². The van der Waals surface area contributed by atoms with Crippen molar-refractivity contribution in [2.24, 2.45) is 0 Å². The number of carbonyl (C=O) groups excluding carboxylic acids is 1. The number of nitrogens with one attached hydrogen (secondary N) is 1. The highest BCUT2D eigenvalue weighted by Crippen LogP contribution is 2.19. The van der Waals surface area contributed by atoms with Crippen LogP contribution in [0.15, 0.2) is 42.6 Å². The van der Waals surface area contributed by atoms with E-state index in [1.807, 2.05) is 18.2 Å². The van der Waals surface area contributed by atoms with Gasteiger partial charge in [-0.2, -0.15) is 10.2 Å². The van der Waals surface area contributed by atoms with Gasteiger partial charge in [0, 0.05) is 17.3 Å². The second-order valence-electron chi connectivity index (χ2n) is 5.75. The number of amides is 1. The van der Waals surface area contributed by atoms with Crippen LogP contribution < -0.4 is 5.32 Å². The van der Waals surface area contributed by atoms with Gasteiger partial charge in [0.05, 0.1) is 12.2 Å². The zero-order valence-electron chi connectivity index (χ0n) is 13.9. The molecule has 0 spiro atoms. The Morgan fingerprint density at radius 3 is 2.81 bits per heavy atom. The van der Waals surface area contributed by atoms with Gasteiger partial charge in [-0.15, -0.1) is 0 Å². The van der Waals surface area contributed by atoms with Crippen LogP contribution in [0.25, 0.3) is 0 Å². The summed E-state index contributed by atoms with van der Waals surface area (Å²) in [6.07, 6.45) is -0.986. The molecule has 1 aromatic carbocycles. The van der Waals surface area contributed by atoms with E-state index in [9.17, 15) is 13.6 Å². The molecule has 0 fully saturated rings. The third-order valence-corrected chi connectivity index (χ3v) is 3.83. The summed E-state index contributed by atoms with van der Waals surface area (Å²) in [4.78, 5) is 12.1. The molecule has 0 saturated carbocycles. The highest BCUT2D eigenvalue weighted by Gasteiger charge is 2.17. The van der Waals surface area contributed by atoms with Gasteiger partial charge in [-0.1, -0.05) is 23.7 Å². The van der Waals surface area contributed by atoms with Crippen molar-refractivity contribution in [2.45, 2.75) is 26.4 Å². The lowest BCUT2D eigenvalue weighted by Gasteiger charge is -2.06. The van der Waals surface area contributed by atoms with Crippen molar-refractivity contribution in [3.05, 3.63) is 64.6 Å². The summed E-state index contributed by atoms with van der Waals surface area (Å²) in [7, 11) is 0. The minimum atomic E-state index is -2.69. The topological polar surface area (TPSA) is 64.7 Å². The molecular formula is C17H16ClF2N5O. The van der Waals surface area contributed by atoms with Crippen LogP contribution in [0, 0.1) is 6.92 Å². The molecule has 6 nitrogen and oxygen atoms in total. The summed E-state index contributed by atoms with van der Waals surface area (Å²) in [6.45, 7) is 1.77. The Bertz CT molecular complexity index is 922. The lowest BCUT2D eigenvalue weighted by Crippen LogP contribution is -2.21. The Hall–Kier alpha value is -2.74. The minimum Gasteiger partial charge on any atom is -0.308 e. The molecule has 1 amide bonds. The normalized spacial score (nSPS) is 11.1. The highest BCUT2D eigenvalue weighted by atomic mass is 35.5. The molecule has 2 aromatic heterocycles. The summed E-state index contributed by atoms with van der Waals surface area (Å²) in [5.41, 5.74) is 1.11. The van der Waals surface area contributed by atoms with E-state index in [-0.39, 0.29) is 12.2 Å². The Labute approximate surface area is 153 Å². The monoisotopic (exact) mass is 379 g/mol. The van der Waals surface area contributed by atoms with Gasteiger partial charge >= 0.3 is 0 Å². The molecule has 0 atom stereocenters. The first-order chi connectivity index (χ1) is 12.4. The molecule has 26 heavy (non-hydrogen) atoms. The van der Waals surface area contributed by atoms with E-state index in [0.29, 0.717) is 23.1 Å². The molecule has 0 bridgehead atoms. The van der Waals surface area contributed by atoms with Gasteiger partial charge in [0.1, 0.15) is 12.2 Å². The SMILES string of the molecule is Cc1cc(C(F)F)n(CC(=O)Nc2ccn(Cc3cccc(Cl)c3)n2)n1. The second-order valence-corrected chi connectivity index (χ2v) is 6.18. The molecule has 3 rings (SSSR count). The van der Waals surface area contributed by atoms with Crippen LogP contribution in [-0.2, 0) is 17.9 Å². The summed E-state index contributed by atoms with van der Waals surface area (Å²) < 4.78 is 28.5. The first kappa shape index (κ1) is 18.1. The molecule has 0 unspecified atom stereocenters. The molecule has 0 saturated heterocycles. The number of aryl methyl sites for hydroxylation is 1. The summed E-state index contributed by atoms with van der Waals surface area (Å²) >= 11 is 5.95. The van der Waals surface area contributed by atoms with Gasteiger partial charge in [0.2, 0.25) is 5.91 Å². The van der Waals surface area contributed by atoms with E-state index in [1.54, 1.807) is 29.9 Å². The number of hydrogen-bond donors (Lipinski definition) is 1. The van der Waals surface area contributed by atoms with Gasteiger partial charge < -0.3 is 5.32 Å². The van der Waals surface area contributed by atoms with E-state index >= 15 is 0 Å². The maximum atomic E-state index is 12.9. The molecule has 1 N–H and O–H groups in total. The van der Waals surface area contributed by atoms with Crippen LogP contribution in [0.2, 0.25) is 5.02 Å². The lowest BCUT2D eigenvalue weighted by molar-refractivity contribution is -0.117. The molecule has 0 aliphatic rings. The van der Waals surface area contributed by atoms with E-state index in [1.165, 1.54) is 6.07 Å². The molecule has 0 radical (unpaired) electrons. The van der Waals surface area contributed by atoms with Crippen LogP contribution in [0.4, 0.5) is 14.6 Å². The van der Waals surface area contributed by atoms with Crippen molar-refractivity contribution in [3.8, 4) is 0 Å². The molecule has 136 valence electrons. The van der Waals surface area contributed by atoms with Crippen LogP contribution in [0.5, 0.6) is 0 Å². The maximum Gasteiger partial charge on any atom is 0.280 e. The Kier molecular flexibility index (Phi) is 5.32. The predicted molar refractivity (Wildman–Crippen MR) is 93.3 cm³/mol. The number of anilines is 1. The van der Waals surface area contributed by atoms with Crippen LogP contribution in [0.1, 0.15) is 23.4 Å². The number of aromatic nitrogens is 4. The van der Waals surface area contributed by atoms with Gasteiger partial charge in [0.15, 0.2) is 5.82 Å². The van der Waals surface area contributed by atoms with E-state index in [4.69, 9.17) is 11.6 Å². The average Bonchev–Trinajstić information content (AvgIpc) is 3.13. The summed E-state index contributed by atoms with van der Waals surface area (Å²) in [6, 6.07) is 10.3. The standard InChI is InChI=1S/C17H16ClF2N5O/c1-11-7-14(17(19)20)25(22-11)10-16(26)21-15-5-6-24(23-15)9-12-3-2-4-13(18)8-12/h2-8,17H,9-10H2,1H3,(H,21,23,26). The second kappa shape index (κ2) is 7.65. The molecule has 2 heterocycles. The zero-order valence-corrected chi connectivity index (χ0v) is 14.6. The average molecular weight is 380 g/mol. The fourth-order valence-corrected chi connectivity index (χ4v) is 2.74. The van der Waals surface area contributed by atoms with Crippen molar-refractivity contribution in [2.75, 3.05) is 5.32 Å². The van der Waals surface area contributed by atoms with Gasteiger partial charge in [-0.25, -0.2) is 8.78 Å². The van der Waals surface area contributed by atoms with Gasteiger partial charge in [0.25, 0.3) is 6.43 Å². The number of nitrogens with zero attached hydrogens (tertiary/aromatic N) is 4. The van der Waals surface area contributed by atoms with Crippen molar-refractivity contribution in [1.29, 1.82) is 0 Å². The van der Waals surface area contributed by atoms with E-state index < -0.39 is 12.3 Å². The Morgan fingerprint density at radius 2 is 2.08 bits per heavy atom. The number of benzene rings is 1. The molecule has 0 aliphatic carbocycles. The lowest BCUT2D eigenvalue weighted by atomic mass is 10.2. The predicted octanol–water partition coefficient (Wildman–Crippen LogP) is 3.67. The van der Waals surface area contributed by atoms with Crippen LogP contribution in [0.3, 0.4) is 0 Å². The number of rotatable bonds is 6. The first-order valence-corrected chi connectivity index (χ1v) is 8.19.